The third-order valence-corrected chi connectivity index (χ3v) is 2.25. The first-order valence-electron chi connectivity index (χ1n) is 5.37. The highest BCUT2D eigenvalue weighted by molar-refractivity contribution is 5.73. The van der Waals surface area contributed by atoms with Gasteiger partial charge in [-0.15, -0.1) is 5.10 Å². The molecule has 0 fully saturated rings. The van der Waals surface area contributed by atoms with Crippen molar-refractivity contribution in [3.63, 3.8) is 0 Å². The van der Waals surface area contributed by atoms with Gasteiger partial charge in [-0.2, -0.15) is 0 Å². The number of esters is 1. The molecule has 1 aromatic heterocycles. The van der Waals surface area contributed by atoms with Crippen LogP contribution in [0.5, 0.6) is 0 Å². The second-order valence-corrected chi connectivity index (χ2v) is 3.41. The Morgan fingerprint density at radius 3 is 2.76 bits per heavy atom. The Morgan fingerprint density at radius 1 is 1.53 bits per heavy atom. The predicted octanol–water partition coefficient (Wildman–Crippen LogP) is 0.419. The quantitative estimate of drug-likeness (QED) is 0.725. The van der Waals surface area contributed by atoms with Gasteiger partial charge < -0.3 is 9.84 Å². The van der Waals surface area contributed by atoms with Crippen molar-refractivity contribution in [2.24, 2.45) is 0 Å². The van der Waals surface area contributed by atoms with E-state index in [0.717, 1.165) is 0 Å². The van der Waals surface area contributed by atoms with Crippen LogP contribution in [0.4, 0.5) is 0 Å². The summed E-state index contributed by atoms with van der Waals surface area (Å²) in [6, 6.07) is -0.804. The Balaban J connectivity index is 2.84. The number of ether oxygens (including phenoxy) is 1. The molecule has 0 saturated carbocycles. The fourth-order valence-corrected chi connectivity index (χ4v) is 1.47. The van der Waals surface area contributed by atoms with Gasteiger partial charge in [0.15, 0.2) is 6.04 Å². The smallest absolute Gasteiger partial charge is 0.328 e. The van der Waals surface area contributed by atoms with Gasteiger partial charge in [0, 0.05) is 0 Å². The molecule has 1 heterocycles. The van der Waals surface area contributed by atoms with Crippen LogP contribution >= 0.6 is 0 Å². The van der Waals surface area contributed by atoms with Crippen molar-refractivity contribution in [2.45, 2.75) is 32.7 Å². The van der Waals surface area contributed by atoms with Crippen LogP contribution in [0.2, 0.25) is 0 Å². The number of carboxylic acids is 1. The Kier molecular flexibility index (Phi) is 4.62. The van der Waals surface area contributed by atoms with Crippen LogP contribution in [0.25, 0.3) is 0 Å². The van der Waals surface area contributed by atoms with E-state index in [9.17, 15) is 9.59 Å². The zero-order valence-electron chi connectivity index (χ0n) is 9.79. The SMILES string of the molecule is CCOC(=O)Cc1cnnn1C(CC)C(=O)O. The maximum absolute atomic E-state index is 11.3. The van der Waals surface area contributed by atoms with E-state index in [2.05, 4.69) is 10.3 Å². The summed E-state index contributed by atoms with van der Waals surface area (Å²) in [6.07, 6.45) is 1.72. The number of carbonyl (C=O) groups is 2. The monoisotopic (exact) mass is 241 g/mol. The Morgan fingerprint density at radius 2 is 2.24 bits per heavy atom. The molecule has 1 aromatic rings. The van der Waals surface area contributed by atoms with Gasteiger partial charge in [-0.25, -0.2) is 9.48 Å². The number of hydrogen-bond acceptors (Lipinski definition) is 5. The van der Waals surface area contributed by atoms with Crippen LogP contribution < -0.4 is 0 Å². The van der Waals surface area contributed by atoms with E-state index in [0.29, 0.717) is 12.1 Å². The molecule has 0 aliphatic rings. The van der Waals surface area contributed by atoms with Crippen molar-refractivity contribution in [2.75, 3.05) is 6.61 Å². The van der Waals surface area contributed by atoms with Gasteiger partial charge in [0.05, 0.1) is 24.9 Å². The second kappa shape index (κ2) is 5.97. The molecule has 1 N–H and O–H groups in total. The first-order chi connectivity index (χ1) is 8.10. The van der Waals surface area contributed by atoms with E-state index in [-0.39, 0.29) is 13.0 Å². The fraction of sp³-hybridized carbons (Fsp3) is 0.600. The van der Waals surface area contributed by atoms with Gasteiger partial charge in [0.1, 0.15) is 0 Å². The molecule has 0 aromatic carbocycles. The number of carbonyl (C=O) groups excluding carboxylic acids is 1. The van der Waals surface area contributed by atoms with Crippen LogP contribution in [0, 0.1) is 0 Å². The Hall–Kier alpha value is -1.92. The standard InChI is InChI=1S/C10H15N3O4/c1-3-8(10(15)16)13-7(6-11-12-13)5-9(14)17-4-2/h6,8H,3-5H2,1-2H3,(H,15,16). The molecule has 7 heteroatoms. The predicted molar refractivity (Wildman–Crippen MR) is 57.3 cm³/mol. The van der Waals surface area contributed by atoms with Crippen molar-refractivity contribution < 1.29 is 19.4 Å². The number of hydrogen-bond donors (Lipinski definition) is 1. The number of aliphatic carboxylic acids is 1. The van der Waals surface area contributed by atoms with Gasteiger partial charge in [-0.1, -0.05) is 12.1 Å². The number of nitrogens with zero attached hydrogens (tertiary/aromatic N) is 3. The van der Waals surface area contributed by atoms with Crippen molar-refractivity contribution in [3.8, 4) is 0 Å². The molecule has 17 heavy (non-hydrogen) atoms. The lowest BCUT2D eigenvalue weighted by Crippen LogP contribution is -2.23. The average molecular weight is 241 g/mol. The van der Waals surface area contributed by atoms with Gasteiger partial charge in [-0.05, 0) is 13.3 Å². The molecule has 0 aliphatic heterocycles. The molecular weight excluding hydrogens is 226 g/mol. The molecule has 94 valence electrons. The summed E-state index contributed by atoms with van der Waals surface area (Å²) in [7, 11) is 0. The fourth-order valence-electron chi connectivity index (χ4n) is 1.47. The van der Waals surface area contributed by atoms with Crippen molar-refractivity contribution >= 4 is 11.9 Å². The van der Waals surface area contributed by atoms with E-state index in [1.54, 1.807) is 13.8 Å². The van der Waals surface area contributed by atoms with Crippen LogP contribution in [0.3, 0.4) is 0 Å². The number of rotatable bonds is 6. The summed E-state index contributed by atoms with van der Waals surface area (Å²) in [5.41, 5.74) is 0.442. The highest BCUT2D eigenvalue weighted by Gasteiger charge is 2.22. The van der Waals surface area contributed by atoms with Gasteiger partial charge in [-0.3, -0.25) is 4.79 Å². The minimum absolute atomic E-state index is 0.0232. The topological polar surface area (TPSA) is 94.3 Å². The first kappa shape index (κ1) is 13.1. The zero-order valence-corrected chi connectivity index (χ0v) is 9.79. The zero-order chi connectivity index (χ0) is 12.8. The molecule has 0 saturated heterocycles. The molecule has 1 atom stereocenters. The van der Waals surface area contributed by atoms with Gasteiger partial charge >= 0.3 is 11.9 Å². The number of aromatic nitrogens is 3. The molecule has 0 radical (unpaired) electrons. The summed E-state index contributed by atoms with van der Waals surface area (Å²) in [4.78, 5) is 22.3. The maximum atomic E-state index is 11.3. The third kappa shape index (κ3) is 3.27. The van der Waals surface area contributed by atoms with Gasteiger partial charge in [0.2, 0.25) is 0 Å². The van der Waals surface area contributed by atoms with Crippen LogP contribution in [0.15, 0.2) is 6.20 Å². The maximum Gasteiger partial charge on any atom is 0.328 e. The summed E-state index contributed by atoms with van der Waals surface area (Å²) >= 11 is 0. The molecule has 7 nitrogen and oxygen atoms in total. The summed E-state index contributed by atoms with van der Waals surface area (Å²) in [5, 5.41) is 16.3. The molecular formula is C10H15N3O4. The molecule has 0 amide bonds. The van der Waals surface area contributed by atoms with Crippen LogP contribution in [-0.4, -0.2) is 38.6 Å². The lowest BCUT2D eigenvalue weighted by Gasteiger charge is -2.12. The van der Waals surface area contributed by atoms with E-state index in [1.165, 1.54) is 10.9 Å². The summed E-state index contributed by atoms with van der Waals surface area (Å²) < 4.78 is 6.04. The lowest BCUT2D eigenvalue weighted by molar-refractivity contribution is -0.144. The van der Waals surface area contributed by atoms with Gasteiger partial charge in [0.25, 0.3) is 0 Å². The minimum Gasteiger partial charge on any atom is -0.480 e. The highest BCUT2D eigenvalue weighted by Crippen LogP contribution is 2.13. The first-order valence-corrected chi connectivity index (χ1v) is 5.37. The molecule has 0 aliphatic carbocycles. The van der Waals surface area contributed by atoms with Crippen molar-refractivity contribution in [1.29, 1.82) is 0 Å². The Labute approximate surface area is 98.4 Å². The lowest BCUT2D eigenvalue weighted by atomic mass is 10.2. The van der Waals surface area contributed by atoms with Crippen LogP contribution in [0.1, 0.15) is 32.0 Å². The van der Waals surface area contributed by atoms with Crippen molar-refractivity contribution in [1.82, 2.24) is 15.0 Å². The summed E-state index contributed by atoms with van der Waals surface area (Å²) in [6.45, 7) is 3.73. The van der Waals surface area contributed by atoms with Crippen molar-refractivity contribution in [3.05, 3.63) is 11.9 Å². The summed E-state index contributed by atoms with van der Waals surface area (Å²) in [5.74, 6) is -1.42. The third-order valence-electron chi connectivity index (χ3n) is 2.25. The molecule has 0 spiro atoms. The van der Waals surface area contributed by atoms with E-state index >= 15 is 0 Å². The van der Waals surface area contributed by atoms with Crippen LogP contribution in [-0.2, 0) is 20.7 Å². The normalized spacial score (nSPS) is 12.1. The minimum atomic E-state index is -0.997. The molecule has 1 unspecified atom stereocenters. The molecule has 0 bridgehead atoms. The van der Waals surface area contributed by atoms with E-state index in [1.807, 2.05) is 0 Å². The number of carboxylic acid groups (broad SMARTS) is 1. The largest absolute Gasteiger partial charge is 0.480 e. The average Bonchev–Trinajstić information content (AvgIpc) is 2.67. The van der Waals surface area contributed by atoms with E-state index < -0.39 is 18.0 Å². The Bertz CT molecular complexity index is 402. The van der Waals surface area contributed by atoms with E-state index in [4.69, 9.17) is 9.84 Å². The second-order valence-electron chi connectivity index (χ2n) is 3.41. The highest BCUT2D eigenvalue weighted by atomic mass is 16.5. The molecule has 1 rings (SSSR count).